The number of fused-ring (bicyclic) bond motifs is 1. The van der Waals surface area contributed by atoms with Gasteiger partial charge in [-0.2, -0.15) is 0 Å². The molecule has 0 fully saturated rings. The zero-order valence-corrected chi connectivity index (χ0v) is 12.1. The number of amides is 1. The number of carbonyl (C=O) groups excluding carboxylic acids is 1. The van der Waals surface area contributed by atoms with Crippen LogP contribution in [0.15, 0.2) is 42.5 Å². The van der Waals surface area contributed by atoms with Crippen LogP contribution in [0.1, 0.15) is 5.56 Å². The normalized spacial score (nSPS) is 13.9. The van der Waals surface area contributed by atoms with Crippen LogP contribution in [0.4, 0.5) is 11.4 Å². The lowest BCUT2D eigenvalue weighted by Gasteiger charge is -2.30. The van der Waals surface area contributed by atoms with Crippen LogP contribution >= 0.6 is 23.2 Å². The molecule has 0 bridgehead atoms. The Bertz CT molecular complexity index is 673. The molecule has 20 heavy (non-hydrogen) atoms. The highest BCUT2D eigenvalue weighted by Crippen LogP contribution is 2.33. The topological polar surface area (TPSA) is 32.3 Å². The molecule has 3 rings (SSSR count). The number of hydrogen-bond donors (Lipinski definition) is 1. The van der Waals surface area contributed by atoms with E-state index in [4.69, 9.17) is 23.2 Å². The molecule has 0 unspecified atom stereocenters. The Morgan fingerprint density at radius 1 is 1.15 bits per heavy atom. The van der Waals surface area contributed by atoms with Gasteiger partial charge in [0.2, 0.25) is 5.91 Å². The van der Waals surface area contributed by atoms with Crippen molar-refractivity contribution in [3.05, 3.63) is 58.1 Å². The van der Waals surface area contributed by atoms with Gasteiger partial charge in [0, 0.05) is 10.0 Å². The standard InChI is InChI=1S/C15H12Cl2N2O/c16-11-5-6-14-13(7-11)18-8-15(20)19(14)9-10-3-1-2-4-12(10)17/h1-7,18H,8-9H2. The van der Waals surface area contributed by atoms with Crippen molar-refractivity contribution in [3.8, 4) is 0 Å². The molecule has 3 nitrogen and oxygen atoms in total. The van der Waals surface area contributed by atoms with Gasteiger partial charge < -0.3 is 10.2 Å². The van der Waals surface area contributed by atoms with Gasteiger partial charge in [0.15, 0.2) is 0 Å². The van der Waals surface area contributed by atoms with Crippen LogP contribution in [0.3, 0.4) is 0 Å². The zero-order chi connectivity index (χ0) is 14.1. The Balaban J connectivity index is 1.97. The SMILES string of the molecule is O=C1CNc2cc(Cl)ccc2N1Cc1ccccc1Cl. The average Bonchev–Trinajstić information content (AvgIpc) is 2.44. The number of nitrogens with one attached hydrogen (secondary N) is 1. The van der Waals surface area contributed by atoms with Crippen LogP contribution in [0, 0.1) is 0 Å². The Morgan fingerprint density at radius 3 is 2.75 bits per heavy atom. The van der Waals surface area contributed by atoms with E-state index in [2.05, 4.69) is 5.32 Å². The first-order valence-electron chi connectivity index (χ1n) is 6.22. The van der Waals surface area contributed by atoms with Crippen molar-refractivity contribution < 1.29 is 4.79 Å². The van der Waals surface area contributed by atoms with Gasteiger partial charge in [-0.05, 0) is 29.8 Å². The average molecular weight is 307 g/mol. The van der Waals surface area contributed by atoms with E-state index >= 15 is 0 Å². The Labute approximate surface area is 127 Å². The first-order valence-corrected chi connectivity index (χ1v) is 6.98. The summed E-state index contributed by atoms with van der Waals surface area (Å²) in [5.74, 6) is 0.0137. The zero-order valence-electron chi connectivity index (χ0n) is 10.6. The van der Waals surface area contributed by atoms with Crippen LogP contribution in [-0.2, 0) is 11.3 Å². The number of benzene rings is 2. The summed E-state index contributed by atoms with van der Waals surface area (Å²) in [6, 6.07) is 13.0. The molecule has 1 heterocycles. The predicted molar refractivity (Wildman–Crippen MR) is 82.6 cm³/mol. The minimum Gasteiger partial charge on any atom is -0.374 e. The summed E-state index contributed by atoms with van der Waals surface area (Å²) in [6.07, 6.45) is 0. The highest BCUT2D eigenvalue weighted by Gasteiger charge is 2.24. The van der Waals surface area contributed by atoms with Crippen LogP contribution in [-0.4, -0.2) is 12.5 Å². The molecular formula is C15H12Cl2N2O. The van der Waals surface area contributed by atoms with Gasteiger partial charge in [0.05, 0.1) is 24.5 Å². The summed E-state index contributed by atoms with van der Waals surface area (Å²) in [6.45, 7) is 0.715. The van der Waals surface area contributed by atoms with E-state index in [0.717, 1.165) is 16.9 Å². The Morgan fingerprint density at radius 2 is 1.95 bits per heavy atom. The van der Waals surface area contributed by atoms with E-state index in [1.54, 1.807) is 11.0 Å². The molecule has 5 heteroatoms. The van der Waals surface area contributed by atoms with Crippen LogP contribution in [0.5, 0.6) is 0 Å². The van der Waals surface area contributed by atoms with Crippen LogP contribution < -0.4 is 10.2 Å². The molecular weight excluding hydrogens is 295 g/mol. The third-order valence-corrected chi connectivity index (χ3v) is 3.87. The minimum atomic E-state index is 0.0137. The number of hydrogen-bond acceptors (Lipinski definition) is 2. The lowest BCUT2D eigenvalue weighted by atomic mass is 10.1. The van der Waals surface area contributed by atoms with Crippen molar-refractivity contribution in [2.45, 2.75) is 6.54 Å². The lowest BCUT2D eigenvalue weighted by Crippen LogP contribution is -2.39. The largest absolute Gasteiger partial charge is 0.374 e. The van der Waals surface area contributed by atoms with Crippen LogP contribution in [0.25, 0.3) is 0 Å². The van der Waals surface area contributed by atoms with Crippen molar-refractivity contribution in [2.24, 2.45) is 0 Å². The van der Waals surface area contributed by atoms with E-state index in [9.17, 15) is 4.79 Å². The smallest absolute Gasteiger partial charge is 0.246 e. The number of anilines is 2. The molecule has 0 spiro atoms. The van der Waals surface area contributed by atoms with E-state index in [0.29, 0.717) is 16.6 Å². The molecule has 2 aromatic rings. The van der Waals surface area contributed by atoms with Crippen molar-refractivity contribution in [1.29, 1.82) is 0 Å². The molecule has 102 valence electrons. The second kappa shape index (κ2) is 5.35. The molecule has 0 saturated heterocycles. The van der Waals surface area contributed by atoms with Crippen molar-refractivity contribution in [2.75, 3.05) is 16.8 Å². The second-order valence-corrected chi connectivity index (χ2v) is 5.43. The van der Waals surface area contributed by atoms with Gasteiger partial charge in [-0.25, -0.2) is 0 Å². The fourth-order valence-electron chi connectivity index (χ4n) is 2.26. The molecule has 0 saturated carbocycles. The van der Waals surface area contributed by atoms with E-state index in [1.165, 1.54) is 0 Å². The highest BCUT2D eigenvalue weighted by molar-refractivity contribution is 6.31. The van der Waals surface area contributed by atoms with Crippen LogP contribution in [0.2, 0.25) is 10.0 Å². The third-order valence-electron chi connectivity index (χ3n) is 3.27. The Kier molecular flexibility index (Phi) is 3.55. The van der Waals surface area contributed by atoms with Crippen molar-refractivity contribution >= 4 is 40.5 Å². The fourth-order valence-corrected chi connectivity index (χ4v) is 2.62. The molecule has 1 aliphatic heterocycles. The summed E-state index contributed by atoms with van der Waals surface area (Å²) in [4.78, 5) is 13.9. The summed E-state index contributed by atoms with van der Waals surface area (Å²) in [5.41, 5.74) is 2.61. The van der Waals surface area contributed by atoms with E-state index in [1.807, 2.05) is 36.4 Å². The maximum absolute atomic E-state index is 12.1. The number of nitrogens with zero attached hydrogens (tertiary/aromatic N) is 1. The van der Waals surface area contributed by atoms with E-state index < -0.39 is 0 Å². The summed E-state index contributed by atoms with van der Waals surface area (Å²) < 4.78 is 0. The highest BCUT2D eigenvalue weighted by atomic mass is 35.5. The molecule has 0 atom stereocenters. The monoisotopic (exact) mass is 306 g/mol. The lowest BCUT2D eigenvalue weighted by molar-refractivity contribution is -0.117. The molecule has 2 aromatic carbocycles. The van der Waals surface area contributed by atoms with Crippen molar-refractivity contribution in [1.82, 2.24) is 0 Å². The quantitative estimate of drug-likeness (QED) is 0.911. The van der Waals surface area contributed by atoms with Gasteiger partial charge in [-0.15, -0.1) is 0 Å². The van der Waals surface area contributed by atoms with E-state index in [-0.39, 0.29) is 12.5 Å². The summed E-state index contributed by atoms with van der Waals surface area (Å²) in [5, 5.41) is 4.38. The first kappa shape index (κ1) is 13.3. The molecule has 0 aromatic heterocycles. The summed E-state index contributed by atoms with van der Waals surface area (Å²) >= 11 is 12.2. The first-order chi connectivity index (χ1) is 9.65. The fraction of sp³-hybridized carbons (Fsp3) is 0.133. The number of halogens is 2. The Hall–Kier alpha value is -1.71. The van der Waals surface area contributed by atoms with Gasteiger partial charge >= 0.3 is 0 Å². The molecule has 1 amide bonds. The summed E-state index contributed by atoms with van der Waals surface area (Å²) in [7, 11) is 0. The third kappa shape index (κ3) is 2.47. The molecule has 0 radical (unpaired) electrons. The number of rotatable bonds is 2. The van der Waals surface area contributed by atoms with Gasteiger partial charge in [-0.1, -0.05) is 41.4 Å². The molecule has 1 N–H and O–H groups in total. The number of carbonyl (C=O) groups is 1. The predicted octanol–water partition coefficient (Wildman–Crippen LogP) is 3.95. The second-order valence-electron chi connectivity index (χ2n) is 4.59. The van der Waals surface area contributed by atoms with Gasteiger partial charge in [0.25, 0.3) is 0 Å². The van der Waals surface area contributed by atoms with Crippen molar-refractivity contribution in [3.63, 3.8) is 0 Å². The minimum absolute atomic E-state index is 0.0137. The molecule has 0 aliphatic carbocycles. The van der Waals surface area contributed by atoms with Gasteiger partial charge in [-0.3, -0.25) is 4.79 Å². The maximum Gasteiger partial charge on any atom is 0.246 e. The molecule has 1 aliphatic rings. The van der Waals surface area contributed by atoms with Gasteiger partial charge in [0.1, 0.15) is 0 Å². The maximum atomic E-state index is 12.1.